The number of aryl methyl sites for hydroxylation is 1. The Hall–Kier alpha value is -1.15. The van der Waals surface area contributed by atoms with Gasteiger partial charge in [0.2, 0.25) is 15.9 Å². The van der Waals surface area contributed by atoms with Gasteiger partial charge in [-0.2, -0.15) is 0 Å². The Balaban J connectivity index is 0.00000400. The predicted octanol–water partition coefficient (Wildman–Crippen LogP) is 0.502. The number of hydrogen-bond donors (Lipinski definition) is 2. The van der Waals surface area contributed by atoms with Crippen LogP contribution in [0.4, 0.5) is 0 Å². The Kier molecular flexibility index (Phi) is 8.50. The fourth-order valence-corrected chi connectivity index (χ4v) is 2.61. The molecule has 1 rings (SSSR count). The van der Waals surface area contributed by atoms with Crippen LogP contribution in [0.5, 0.6) is 0 Å². The van der Waals surface area contributed by atoms with Gasteiger partial charge in [-0.25, -0.2) is 13.1 Å². The number of carbonyl (C=O) groups is 1. The van der Waals surface area contributed by atoms with E-state index < -0.39 is 10.0 Å². The van der Waals surface area contributed by atoms with Crippen molar-refractivity contribution in [2.24, 2.45) is 5.73 Å². The minimum atomic E-state index is -3.52. The fraction of sp³-hybridized carbons (Fsp3) is 0.462. The highest BCUT2D eigenvalue weighted by Crippen LogP contribution is 2.09. The van der Waals surface area contributed by atoms with Crippen molar-refractivity contribution >= 4 is 28.3 Å². The number of hydrogen-bond acceptors (Lipinski definition) is 4. The number of likely N-dealkylation sites (N-methyl/N-ethyl adjacent to an activating group) is 1. The lowest BCUT2D eigenvalue weighted by molar-refractivity contribution is -0.129. The van der Waals surface area contributed by atoms with Gasteiger partial charge < -0.3 is 10.6 Å². The molecule has 0 spiro atoms. The van der Waals surface area contributed by atoms with Crippen LogP contribution in [0.3, 0.4) is 0 Å². The van der Waals surface area contributed by atoms with Crippen molar-refractivity contribution in [2.75, 3.05) is 26.7 Å². The van der Waals surface area contributed by atoms with Gasteiger partial charge in [0.05, 0.1) is 4.90 Å². The molecule has 0 aliphatic heterocycles. The van der Waals surface area contributed by atoms with Crippen molar-refractivity contribution in [1.82, 2.24) is 9.62 Å². The Bertz CT molecular complexity index is 546. The molecule has 1 aromatic carbocycles. The van der Waals surface area contributed by atoms with Gasteiger partial charge in [-0.3, -0.25) is 4.79 Å². The van der Waals surface area contributed by atoms with Gasteiger partial charge in [-0.05, 0) is 19.1 Å². The Morgan fingerprint density at radius 1 is 1.29 bits per heavy atom. The molecule has 0 saturated carbocycles. The first-order chi connectivity index (χ1) is 9.36. The molecule has 0 saturated heterocycles. The largest absolute Gasteiger partial charge is 0.344 e. The first-order valence-electron chi connectivity index (χ1n) is 6.37. The van der Waals surface area contributed by atoms with Crippen molar-refractivity contribution in [1.29, 1.82) is 0 Å². The summed E-state index contributed by atoms with van der Waals surface area (Å²) in [5.74, 6) is -0.0953. The monoisotopic (exact) mass is 335 g/mol. The number of carbonyl (C=O) groups excluding carboxylic acids is 1. The maximum Gasteiger partial charge on any atom is 0.240 e. The minimum Gasteiger partial charge on any atom is -0.344 e. The van der Waals surface area contributed by atoms with Crippen LogP contribution < -0.4 is 10.5 Å². The van der Waals surface area contributed by atoms with Gasteiger partial charge in [0.1, 0.15) is 0 Å². The van der Waals surface area contributed by atoms with Crippen LogP contribution in [-0.2, 0) is 14.8 Å². The fourth-order valence-electron chi connectivity index (χ4n) is 1.59. The normalized spacial score (nSPS) is 10.8. The highest BCUT2D eigenvalue weighted by atomic mass is 35.5. The zero-order valence-corrected chi connectivity index (χ0v) is 13.8. The molecule has 0 atom stereocenters. The lowest BCUT2D eigenvalue weighted by atomic mass is 10.2. The topological polar surface area (TPSA) is 92.5 Å². The highest BCUT2D eigenvalue weighted by molar-refractivity contribution is 7.89. The van der Waals surface area contributed by atoms with Crippen molar-refractivity contribution in [3.05, 3.63) is 29.8 Å². The van der Waals surface area contributed by atoms with E-state index in [0.29, 0.717) is 6.54 Å². The van der Waals surface area contributed by atoms with Crippen LogP contribution >= 0.6 is 12.4 Å². The predicted molar refractivity (Wildman–Crippen MR) is 84.9 cm³/mol. The van der Waals surface area contributed by atoms with E-state index in [2.05, 4.69) is 4.72 Å². The molecule has 8 heteroatoms. The van der Waals surface area contributed by atoms with E-state index in [1.54, 1.807) is 31.3 Å². The summed E-state index contributed by atoms with van der Waals surface area (Å²) in [6.07, 6.45) is 0.265. The maximum atomic E-state index is 12.0. The van der Waals surface area contributed by atoms with E-state index >= 15 is 0 Å². The van der Waals surface area contributed by atoms with Crippen LogP contribution in [0.15, 0.2) is 29.2 Å². The third-order valence-electron chi connectivity index (χ3n) is 2.85. The molecule has 1 aromatic rings. The molecule has 21 heavy (non-hydrogen) atoms. The molecule has 0 fully saturated rings. The zero-order valence-electron chi connectivity index (χ0n) is 12.2. The third kappa shape index (κ3) is 6.43. The summed E-state index contributed by atoms with van der Waals surface area (Å²) in [6, 6.07) is 6.60. The molecule has 6 nitrogen and oxygen atoms in total. The zero-order chi connectivity index (χ0) is 15.2. The smallest absolute Gasteiger partial charge is 0.240 e. The molecule has 0 bridgehead atoms. The van der Waals surface area contributed by atoms with E-state index in [-0.39, 0.29) is 42.7 Å². The number of sulfonamides is 1. The van der Waals surface area contributed by atoms with E-state index in [4.69, 9.17) is 5.73 Å². The molecule has 0 aromatic heterocycles. The summed E-state index contributed by atoms with van der Waals surface area (Å²) < 4.78 is 26.4. The number of benzene rings is 1. The summed E-state index contributed by atoms with van der Waals surface area (Å²) >= 11 is 0. The van der Waals surface area contributed by atoms with Crippen LogP contribution in [0, 0.1) is 6.92 Å². The summed E-state index contributed by atoms with van der Waals surface area (Å²) in [5, 5.41) is 0. The average Bonchev–Trinajstić information content (AvgIpc) is 2.39. The number of amides is 1. The Morgan fingerprint density at radius 2 is 1.86 bits per heavy atom. The number of nitrogens with zero attached hydrogens (tertiary/aromatic N) is 1. The summed E-state index contributed by atoms with van der Waals surface area (Å²) in [7, 11) is -1.90. The first-order valence-corrected chi connectivity index (χ1v) is 7.85. The lowest BCUT2D eigenvalue weighted by Gasteiger charge is -2.17. The second kappa shape index (κ2) is 8.99. The van der Waals surface area contributed by atoms with Crippen LogP contribution in [-0.4, -0.2) is 45.9 Å². The Labute approximate surface area is 132 Å². The highest BCUT2D eigenvalue weighted by Gasteiger charge is 2.14. The van der Waals surface area contributed by atoms with E-state index in [1.165, 1.54) is 4.90 Å². The van der Waals surface area contributed by atoms with E-state index in [0.717, 1.165) is 5.56 Å². The van der Waals surface area contributed by atoms with Crippen LogP contribution in [0.1, 0.15) is 12.0 Å². The molecular weight excluding hydrogens is 314 g/mol. The first kappa shape index (κ1) is 19.9. The van der Waals surface area contributed by atoms with E-state index in [1.807, 2.05) is 6.92 Å². The minimum absolute atomic E-state index is 0. The van der Waals surface area contributed by atoms with Crippen molar-refractivity contribution in [3.8, 4) is 0 Å². The molecule has 120 valence electrons. The van der Waals surface area contributed by atoms with Gasteiger partial charge in [0.25, 0.3) is 0 Å². The lowest BCUT2D eigenvalue weighted by Crippen LogP contribution is -2.36. The second-order valence-corrected chi connectivity index (χ2v) is 6.33. The SMILES string of the molecule is Cc1ccc(S(=O)(=O)NCCN(C)C(=O)CCN)cc1.Cl. The number of halogens is 1. The molecule has 0 unspecified atom stereocenters. The van der Waals surface area contributed by atoms with Crippen molar-refractivity contribution < 1.29 is 13.2 Å². The molecule has 0 aliphatic carbocycles. The quantitative estimate of drug-likeness (QED) is 0.759. The van der Waals surface area contributed by atoms with Gasteiger partial charge in [0.15, 0.2) is 0 Å². The van der Waals surface area contributed by atoms with E-state index in [9.17, 15) is 13.2 Å². The molecule has 1 amide bonds. The molecule has 0 aliphatic rings. The van der Waals surface area contributed by atoms with Gasteiger partial charge in [0, 0.05) is 33.1 Å². The standard InChI is InChI=1S/C13H21N3O3S.ClH/c1-11-3-5-12(6-4-11)20(18,19)15-9-10-16(2)13(17)7-8-14;/h3-6,15H,7-10,14H2,1-2H3;1H. The summed E-state index contributed by atoms with van der Waals surface area (Å²) in [6.45, 7) is 2.66. The Morgan fingerprint density at radius 3 is 2.38 bits per heavy atom. The molecule has 3 N–H and O–H groups in total. The molecular formula is C13H22ClN3O3S. The molecule has 0 heterocycles. The van der Waals surface area contributed by atoms with Gasteiger partial charge >= 0.3 is 0 Å². The second-order valence-electron chi connectivity index (χ2n) is 4.56. The summed E-state index contributed by atoms with van der Waals surface area (Å²) in [4.78, 5) is 13.2. The van der Waals surface area contributed by atoms with Crippen molar-refractivity contribution in [2.45, 2.75) is 18.2 Å². The summed E-state index contributed by atoms with van der Waals surface area (Å²) in [5.41, 5.74) is 6.29. The number of nitrogens with one attached hydrogen (secondary N) is 1. The maximum absolute atomic E-state index is 12.0. The average molecular weight is 336 g/mol. The molecule has 0 radical (unpaired) electrons. The number of nitrogens with two attached hydrogens (primary N) is 1. The number of rotatable bonds is 7. The van der Waals surface area contributed by atoms with Gasteiger partial charge in [-0.15, -0.1) is 12.4 Å². The third-order valence-corrected chi connectivity index (χ3v) is 4.33. The van der Waals surface area contributed by atoms with Crippen molar-refractivity contribution in [3.63, 3.8) is 0 Å². The van der Waals surface area contributed by atoms with Crippen LogP contribution in [0.2, 0.25) is 0 Å². The van der Waals surface area contributed by atoms with Crippen LogP contribution in [0.25, 0.3) is 0 Å². The van der Waals surface area contributed by atoms with Gasteiger partial charge in [-0.1, -0.05) is 17.7 Å².